The van der Waals surface area contributed by atoms with Gasteiger partial charge in [0.15, 0.2) is 0 Å². The smallest absolute Gasteiger partial charge is 0.367 e. The zero-order chi connectivity index (χ0) is 35.0. The molecule has 0 amide bonds. The molecule has 0 saturated heterocycles. The van der Waals surface area contributed by atoms with Crippen molar-refractivity contribution < 1.29 is 24.8 Å². The third-order valence-electron chi connectivity index (χ3n) is 10.3. The number of hydrogen-bond acceptors (Lipinski definition) is 4. The second kappa shape index (κ2) is 13.2. The monoisotopic (exact) mass is 830 g/mol. The Morgan fingerprint density at radius 2 is 1.53 bits per heavy atom. The van der Waals surface area contributed by atoms with Crippen LogP contribution in [0.15, 0.2) is 146 Å². The molecular weight excluding hydrogens is 801 g/mol. The fraction of sp³-hybridized carbons (Fsp3) is 0.0455. The molecule has 3 aromatic heterocycles. The number of aryl methyl sites for hydroxylation is 1. The molecule has 0 spiro atoms. The first-order valence-corrected chi connectivity index (χ1v) is 21.8. The van der Waals surface area contributed by atoms with E-state index in [2.05, 4.69) is 98.6 Å². The molecule has 258 valence electrons. The van der Waals surface area contributed by atoms with Crippen LogP contribution in [-0.4, -0.2) is 22.3 Å². The minimum atomic E-state index is -2.81. The fourth-order valence-electron chi connectivity index (χ4n) is 7.83. The van der Waals surface area contributed by atoms with Crippen LogP contribution in [0.4, 0.5) is 21.6 Å². The van der Waals surface area contributed by atoms with Crippen LogP contribution in [0, 0.1) is 12.1 Å². The van der Waals surface area contributed by atoms with E-state index in [0.29, 0.717) is 11.1 Å². The van der Waals surface area contributed by atoms with Crippen LogP contribution in [0.1, 0.15) is 17.3 Å². The van der Waals surface area contributed by atoms with Crippen molar-refractivity contribution >= 4 is 91.8 Å². The summed E-state index contributed by atoms with van der Waals surface area (Å²) >= 11 is 1.83. The molecule has 9 heteroatoms. The molecule has 0 fully saturated rings. The van der Waals surface area contributed by atoms with E-state index < -0.39 is 13.9 Å². The van der Waals surface area contributed by atoms with Crippen LogP contribution >= 0.6 is 20.1 Å². The Bertz CT molecular complexity index is 2830. The molecule has 3 unspecified atom stereocenters. The Morgan fingerprint density at radius 1 is 0.755 bits per heavy atom. The molecule has 4 nitrogen and oxygen atoms in total. The largest absolute Gasteiger partial charge is 2.00 e. The summed E-state index contributed by atoms with van der Waals surface area (Å²) in [5.74, 6) is 1.51. The summed E-state index contributed by atoms with van der Waals surface area (Å²) in [6, 6.07) is 54.6. The number of pyridine rings is 1. The number of fused-ring (bicyclic) bond motifs is 7. The topological polar surface area (TPSA) is 34.0 Å². The molecule has 0 bridgehead atoms. The van der Waals surface area contributed by atoms with Gasteiger partial charge in [0.2, 0.25) is 0 Å². The van der Waals surface area contributed by atoms with Crippen molar-refractivity contribution in [3.63, 3.8) is 0 Å². The van der Waals surface area contributed by atoms with E-state index in [1.165, 1.54) is 30.5 Å². The average Bonchev–Trinajstić information content (AvgIpc) is 3.75. The van der Waals surface area contributed by atoms with Crippen molar-refractivity contribution in [2.24, 2.45) is 7.05 Å². The summed E-state index contributed by atoms with van der Waals surface area (Å²) in [6.45, 7) is 0. The van der Waals surface area contributed by atoms with Crippen molar-refractivity contribution in [1.29, 1.82) is 0 Å². The number of anilines is 3. The molecule has 4 heterocycles. The van der Waals surface area contributed by atoms with Gasteiger partial charge in [0, 0.05) is 39.1 Å². The first-order valence-electron chi connectivity index (χ1n) is 17.2. The number of halogens is 1. The predicted molar refractivity (Wildman–Crippen MR) is 219 cm³/mol. The van der Waals surface area contributed by atoms with Crippen LogP contribution in [0.25, 0.3) is 42.6 Å². The third kappa shape index (κ3) is 5.28. The van der Waals surface area contributed by atoms with E-state index in [0.717, 1.165) is 44.8 Å². The number of para-hydroxylation sites is 2. The molecule has 1 aliphatic rings. The van der Waals surface area contributed by atoms with Gasteiger partial charge in [-0.2, -0.15) is 18.2 Å². The standard InChI is InChI=1S/C44H30FN4PSSi.Pd/c1-48-34-18-7-6-17-33(34)47-44(48)30-13-11-12-28(26-30)42(45)29-21-24-39-36(27-29)49(40-20-9-10-25-46-40)35-22-23-38-41(32-16-5-8-19-37(32)51-38)43(35)52(39,50)31-14-3-2-4-15-31;/h2-25,42H,50H2,1H3;/q-2;+2. The Balaban J connectivity index is 0.00000372. The van der Waals surface area contributed by atoms with E-state index in [1.807, 2.05) is 89.8 Å². The van der Waals surface area contributed by atoms with E-state index in [1.54, 1.807) is 6.07 Å². The molecule has 0 N–H and O–H groups in total. The van der Waals surface area contributed by atoms with Gasteiger partial charge in [-0.05, 0) is 47.7 Å². The maximum Gasteiger partial charge on any atom is 2.00 e. The summed E-state index contributed by atoms with van der Waals surface area (Å²) in [5.41, 5.74) is 5.40. The predicted octanol–water partition coefficient (Wildman–Crippen LogP) is 9.29. The van der Waals surface area contributed by atoms with Crippen LogP contribution in [-0.2, 0) is 27.5 Å². The van der Waals surface area contributed by atoms with E-state index >= 15 is 4.39 Å². The first-order chi connectivity index (χ1) is 25.5. The number of alkyl halides is 1. The molecule has 6 aromatic carbocycles. The van der Waals surface area contributed by atoms with Gasteiger partial charge in [-0.3, -0.25) is 4.98 Å². The number of benzene rings is 6. The Hall–Kier alpha value is -4.80. The quantitative estimate of drug-likeness (QED) is 0.0986. The molecule has 10 rings (SSSR count). The zero-order valence-corrected chi connectivity index (χ0v) is 32.9. The Kier molecular flexibility index (Phi) is 8.50. The van der Waals surface area contributed by atoms with Crippen LogP contribution in [0.5, 0.6) is 0 Å². The number of nitrogens with zero attached hydrogens (tertiary/aromatic N) is 4. The van der Waals surface area contributed by atoms with Crippen LogP contribution in [0.2, 0.25) is 0 Å². The normalized spacial score (nSPS) is 15.6. The minimum absolute atomic E-state index is 0. The number of imidazole rings is 1. The molecule has 53 heavy (non-hydrogen) atoms. The SMILES string of the molecule is Cn1c(-c2[c-]c(C(F)c3[c-]c4c(cc3)[Si](P)(c3ccccc3)c3c(ccc5sc6ccccc6c35)N4c3ccccn3)ccc2)nc2ccccc21.[Pd+2]. The van der Waals surface area contributed by atoms with Crippen molar-refractivity contribution in [2.45, 2.75) is 6.17 Å². The molecule has 1 aliphatic heterocycles. The van der Waals surface area contributed by atoms with E-state index in [9.17, 15) is 0 Å². The van der Waals surface area contributed by atoms with Gasteiger partial charge < -0.3 is 9.47 Å². The number of rotatable bonds is 5. The Morgan fingerprint density at radius 3 is 2.36 bits per heavy atom. The molecule has 9 aromatic rings. The van der Waals surface area contributed by atoms with Gasteiger partial charge in [0.1, 0.15) is 19.7 Å². The average molecular weight is 831 g/mol. The fourth-order valence-corrected chi connectivity index (χ4v) is 14.9. The molecule has 0 saturated carbocycles. The summed E-state index contributed by atoms with van der Waals surface area (Å²) in [7, 11) is 2.54. The summed E-state index contributed by atoms with van der Waals surface area (Å²) < 4.78 is 21.5. The number of thiophene rings is 1. The van der Waals surface area contributed by atoms with Gasteiger partial charge >= 0.3 is 20.4 Å². The zero-order valence-electron chi connectivity index (χ0n) is 28.4. The van der Waals surface area contributed by atoms with Gasteiger partial charge in [-0.15, -0.1) is 60.7 Å². The minimum Gasteiger partial charge on any atom is -0.367 e. The molecule has 0 radical (unpaired) electrons. The second-order valence-electron chi connectivity index (χ2n) is 13.2. The number of hydrogen-bond donors (Lipinski definition) is 0. The molecule has 0 aliphatic carbocycles. The summed E-state index contributed by atoms with van der Waals surface area (Å²) in [6.07, 6.45) is 0.348. The van der Waals surface area contributed by atoms with Crippen LogP contribution < -0.4 is 20.5 Å². The Labute approximate surface area is 327 Å². The maximum atomic E-state index is 17.0. The second-order valence-corrected chi connectivity index (χ2v) is 20.1. The van der Waals surface area contributed by atoms with Gasteiger partial charge in [0.25, 0.3) is 0 Å². The first kappa shape index (κ1) is 34.0. The summed E-state index contributed by atoms with van der Waals surface area (Å²) in [5, 5.41) is 6.22. The van der Waals surface area contributed by atoms with E-state index in [4.69, 9.17) is 9.97 Å². The molecular formula is C44H30FN4PPdSSi. The van der Waals surface area contributed by atoms with E-state index in [-0.39, 0.29) is 20.4 Å². The van der Waals surface area contributed by atoms with Gasteiger partial charge in [-0.1, -0.05) is 83.2 Å². The van der Waals surface area contributed by atoms with Crippen molar-refractivity contribution in [3.8, 4) is 11.4 Å². The number of aromatic nitrogens is 3. The summed E-state index contributed by atoms with van der Waals surface area (Å²) in [4.78, 5) is 11.9. The van der Waals surface area contributed by atoms with Crippen molar-refractivity contribution in [1.82, 2.24) is 14.5 Å². The third-order valence-corrected chi connectivity index (χ3v) is 18.0. The molecule has 3 atom stereocenters. The van der Waals surface area contributed by atoms with Crippen molar-refractivity contribution in [3.05, 3.63) is 169 Å². The maximum absolute atomic E-state index is 17.0. The van der Waals surface area contributed by atoms with Crippen molar-refractivity contribution in [2.75, 3.05) is 4.90 Å². The van der Waals surface area contributed by atoms with Crippen LogP contribution in [0.3, 0.4) is 0 Å². The van der Waals surface area contributed by atoms with Gasteiger partial charge in [0.05, 0.1) is 16.9 Å². The van der Waals surface area contributed by atoms with Gasteiger partial charge in [-0.25, -0.2) is 9.37 Å².